The Bertz CT molecular complexity index is 369. The van der Waals surface area contributed by atoms with Gasteiger partial charge in [0, 0.05) is 6.61 Å². The maximum absolute atomic E-state index is 5.64. The summed E-state index contributed by atoms with van der Waals surface area (Å²) in [7, 11) is 0. The van der Waals surface area contributed by atoms with E-state index in [-0.39, 0.29) is 0 Å². The maximum atomic E-state index is 5.64. The largest absolute Gasteiger partial charge is 0.378 e. The zero-order chi connectivity index (χ0) is 12.4. The molecule has 1 aliphatic carbocycles. The van der Waals surface area contributed by atoms with Crippen molar-refractivity contribution in [2.24, 2.45) is 5.92 Å². The van der Waals surface area contributed by atoms with Gasteiger partial charge < -0.3 is 4.74 Å². The van der Waals surface area contributed by atoms with Crippen LogP contribution < -0.4 is 0 Å². The van der Waals surface area contributed by atoms with Crippen LogP contribution in [-0.2, 0) is 11.2 Å². The first-order valence-electron chi connectivity index (χ1n) is 7.57. The average Bonchev–Trinajstić information content (AvgIpc) is 2.38. The summed E-state index contributed by atoms with van der Waals surface area (Å²) in [6, 6.07) is 9.31. The number of hydrogen-bond donors (Lipinski definition) is 0. The lowest BCUT2D eigenvalue weighted by Gasteiger charge is -2.38. The Labute approximate surface area is 111 Å². The monoisotopic (exact) mass is 244 g/mol. The lowest BCUT2D eigenvalue weighted by Crippen LogP contribution is -2.36. The van der Waals surface area contributed by atoms with E-state index in [0.29, 0.717) is 6.10 Å². The van der Waals surface area contributed by atoms with Crippen LogP contribution in [-0.4, -0.2) is 12.7 Å². The Kier molecular flexibility index (Phi) is 3.69. The fourth-order valence-corrected chi connectivity index (χ4v) is 3.48. The molecular weight excluding hydrogens is 220 g/mol. The number of aryl methyl sites for hydroxylation is 1. The molecule has 1 nitrogen and oxygen atoms in total. The van der Waals surface area contributed by atoms with Crippen molar-refractivity contribution in [3.05, 3.63) is 35.4 Å². The lowest BCUT2D eigenvalue weighted by molar-refractivity contribution is -0.0929. The van der Waals surface area contributed by atoms with Gasteiger partial charge in [0.25, 0.3) is 0 Å². The molecule has 0 amide bonds. The molecule has 1 saturated heterocycles. The Balaban J connectivity index is 1.57. The second-order valence-corrected chi connectivity index (χ2v) is 5.90. The van der Waals surface area contributed by atoms with Crippen molar-refractivity contribution in [2.75, 3.05) is 6.61 Å². The fraction of sp³-hybridized carbons (Fsp3) is 0.647. The first-order valence-corrected chi connectivity index (χ1v) is 7.57. The highest BCUT2D eigenvalue weighted by Gasteiger charge is 2.32. The van der Waals surface area contributed by atoms with E-state index in [1.807, 2.05) is 0 Å². The van der Waals surface area contributed by atoms with E-state index in [2.05, 4.69) is 31.2 Å². The molecule has 0 radical (unpaired) electrons. The molecule has 0 bridgehead atoms. The van der Waals surface area contributed by atoms with Crippen molar-refractivity contribution in [3.8, 4) is 0 Å². The number of benzene rings is 1. The van der Waals surface area contributed by atoms with Gasteiger partial charge >= 0.3 is 0 Å². The van der Waals surface area contributed by atoms with Crippen LogP contribution in [0.15, 0.2) is 24.3 Å². The van der Waals surface area contributed by atoms with Crippen molar-refractivity contribution in [2.45, 2.75) is 57.5 Å². The lowest BCUT2D eigenvalue weighted by atomic mass is 9.75. The zero-order valence-electron chi connectivity index (χ0n) is 11.4. The number of hydrogen-bond acceptors (Lipinski definition) is 1. The summed E-state index contributed by atoms with van der Waals surface area (Å²) >= 11 is 0. The van der Waals surface area contributed by atoms with E-state index in [9.17, 15) is 0 Å². The van der Waals surface area contributed by atoms with Crippen molar-refractivity contribution in [1.82, 2.24) is 0 Å². The molecule has 2 aliphatic rings. The molecule has 1 atom stereocenters. The van der Waals surface area contributed by atoms with Crippen molar-refractivity contribution >= 4 is 0 Å². The molecular formula is C17H24O. The topological polar surface area (TPSA) is 9.23 Å². The quantitative estimate of drug-likeness (QED) is 0.769. The van der Waals surface area contributed by atoms with Gasteiger partial charge in [0.2, 0.25) is 0 Å². The smallest absolute Gasteiger partial charge is 0.0625 e. The average molecular weight is 244 g/mol. The van der Waals surface area contributed by atoms with Crippen molar-refractivity contribution in [3.63, 3.8) is 0 Å². The van der Waals surface area contributed by atoms with Gasteiger partial charge in [-0.25, -0.2) is 0 Å². The second kappa shape index (κ2) is 5.44. The predicted octanol–water partition coefficient (Wildman–Crippen LogP) is 4.31. The molecule has 0 spiro atoms. The van der Waals surface area contributed by atoms with Crippen LogP contribution in [0.25, 0.3) is 0 Å². The van der Waals surface area contributed by atoms with Crippen LogP contribution >= 0.6 is 0 Å². The summed E-state index contributed by atoms with van der Waals surface area (Å²) in [6.07, 6.45) is 8.50. The number of ether oxygens (including phenoxy) is 1. The Morgan fingerprint density at radius 1 is 1.00 bits per heavy atom. The Morgan fingerprint density at radius 3 is 2.17 bits per heavy atom. The minimum absolute atomic E-state index is 0.605. The maximum Gasteiger partial charge on any atom is 0.0625 e. The van der Waals surface area contributed by atoms with Crippen LogP contribution in [0.1, 0.15) is 56.1 Å². The zero-order valence-corrected chi connectivity index (χ0v) is 11.4. The fourth-order valence-electron chi connectivity index (χ4n) is 3.48. The van der Waals surface area contributed by atoms with Crippen LogP contribution in [0.3, 0.4) is 0 Å². The highest BCUT2D eigenvalue weighted by molar-refractivity contribution is 5.25. The predicted molar refractivity (Wildman–Crippen MR) is 74.9 cm³/mol. The van der Waals surface area contributed by atoms with Crippen LogP contribution in [0.4, 0.5) is 0 Å². The molecule has 3 rings (SSSR count). The van der Waals surface area contributed by atoms with E-state index in [1.165, 1.54) is 37.7 Å². The van der Waals surface area contributed by atoms with Gasteiger partial charge in [-0.2, -0.15) is 0 Å². The molecule has 18 heavy (non-hydrogen) atoms. The van der Waals surface area contributed by atoms with Crippen LogP contribution in [0.5, 0.6) is 0 Å². The van der Waals surface area contributed by atoms with Crippen molar-refractivity contribution in [1.29, 1.82) is 0 Å². The third kappa shape index (κ3) is 2.47. The highest BCUT2D eigenvalue weighted by Crippen LogP contribution is 2.40. The van der Waals surface area contributed by atoms with E-state index in [0.717, 1.165) is 24.9 Å². The van der Waals surface area contributed by atoms with Gasteiger partial charge in [-0.15, -0.1) is 0 Å². The standard InChI is InChI=1S/C17H24O/c1-2-13-3-5-14(6-4-13)15-7-9-16(10-8-15)17-11-12-18-17/h3-6,15-17H,2,7-12H2,1H3/t15-,16-,17?. The molecule has 1 saturated carbocycles. The first-order chi connectivity index (χ1) is 8.86. The summed E-state index contributed by atoms with van der Waals surface area (Å²) < 4.78 is 5.64. The normalized spacial score (nSPS) is 31.9. The van der Waals surface area contributed by atoms with Crippen molar-refractivity contribution < 1.29 is 4.74 Å². The van der Waals surface area contributed by atoms with Gasteiger partial charge in [-0.05, 0) is 61.5 Å². The van der Waals surface area contributed by atoms with E-state index < -0.39 is 0 Å². The molecule has 1 aromatic rings. The summed E-state index contributed by atoms with van der Waals surface area (Å²) in [5, 5.41) is 0. The second-order valence-electron chi connectivity index (χ2n) is 5.90. The van der Waals surface area contributed by atoms with E-state index in [1.54, 1.807) is 5.56 Å². The van der Waals surface area contributed by atoms with Crippen LogP contribution in [0, 0.1) is 5.92 Å². The third-order valence-electron chi connectivity index (χ3n) is 4.89. The molecule has 2 fully saturated rings. The molecule has 1 heterocycles. The molecule has 1 unspecified atom stereocenters. The van der Waals surface area contributed by atoms with Gasteiger partial charge in [-0.1, -0.05) is 31.2 Å². The minimum Gasteiger partial charge on any atom is -0.378 e. The molecule has 1 heteroatoms. The van der Waals surface area contributed by atoms with Gasteiger partial charge in [0.15, 0.2) is 0 Å². The SMILES string of the molecule is CCc1ccc([C@H]2CC[C@H](C3CCO3)CC2)cc1. The number of rotatable bonds is 3. The summed E-state index contributed by atoms with van der Waals surface area (Å²) in [6.45, 7) is 3.22. The van der Waals surface area contributed by atoms with E-state index >= 15 is 0 Å². The third-order valence-corrected chi connectivity index (χ3v) is 4.89. The Hall–Kier alpha value is -0.820. The van der Waals surface area contributed by atoms with Gasteiger partial charge in [0.05, 0.1) is 6.10 Å². The molecule has 1 aliphatic heterocycles. The summed E-state index contributed by atoms with van der Waals surface area (Å²) in [5.41, 5.74) is 3.01. The molecule has 1 aromatic carbocycles. The molecule has 0 aromatic heterocycles. The molecule has 98 valence electrons. The summed E-state index contributed by atoms with van der Waals surface area (Å²) in [5.74, 6) is 1.65. The minimum atomic E-state index is 0.605. The highest BCUT2D eigenvalue weighted by atomic mass is 16.5. The Morgan fingerprint density at radius 2 is 1.67 bits per heavy atom. The summed E-state index contributed by atoms with van der Waals surface area (Å²) in [4.78, 5) is 0. The van der Waals surface area contributed by atoms with Gasteiger partial charge in [-0.3, -0.25) is 0 Å². The first kappa shape index (κ1) is 12.2. The van der Waals surface area contributed by atoms with Crippen LogP contribution in [0.2, 0.25) is 0 Å². The van der Waals surface area contributed by atoms with Gasteiger partial charge in [0.1, 0.15) is 0 Å². The molecule has 0 N–H and O–H groups in total. The van der Waals surface area contributed by atoms with E-state index in [4.69, 9.17) is 4.74 Å².